The van der Waals surface area contributed by atoms with E-state index in [-0.39, 0.29) is 0 Å². The van der Waals surface area contributed by atoms with Crippen molar-refractivity contribution < 1.29 is 0 Å². The third-order valence-corrected chi connectivity index (χ3v) is 3.28. The fraction of sp³-hybridized carbons (Fsp3) is 0.545. The zero-order valence-corrected chi connectivity index (χ0v) is 7.74. The van der Waals surface area contributed by atoms with E-state index in [9.17, 15) is 0 Å². The number of fused-ring (bicyclic) bond motifs is 3. The van der Waals surface area contributed by atoms with Gasteiger partial charge < -0.3 is 0 Å². The lowest BCUT2D eigenvalue weighted by Crippen LogP contribution is -2.31. The van der Waals surface area contributed by atoms with Gasteiger partial charge in [0.1, 0.15) is 0 Å². The monoisotopic (exact) mass is 174 g/mol. The van der Waals surface area contributed by atoms with Crippen molar-refractivity contribution in [3.05, 3.63) is 29.6 Å². The predicted molar refractivity (Wildman–Crippen MR) is 51.5 cm³/mol. The third-order valence-electron chi connectivity index (χ3n) is 3.28. The lowest BCUT2D eigenvalue weighted by atomic mass is 9.97. The van der Waals surface area contributed by atoms with Gasteiger partial charge in [0, 0.05) is 30.9 Å². The summed E-state index contributed by atoms with van der Waals surface area (Å²) in [5.74, 6) is 0. The average molecular weight is 174 g/mol. The molecule has 2 heteroatoms. The minimum absolute atomic E-state index is 0.692. The lowest BCUT2D eigenvalue weighted by molar-refractivity contribution is 0.241. The van der Waals surface area contributed by atoms with Crippen LogP contribution in [0.25, 0.3) is 0 Å². The van der Waals surface area contributed by atoms with E-state index in [1.807, 2.05) is 6.20 Å². The molecule has 1 fully saturated rings. The van der Waals surface area contributed by atoms with E-state index in [1.165, 1.54) is 37.2 Å². The molecule has 2 nitrogen and oxygen atoms in total. The van der Waals surface area contributed by atoms with Crippen LogP contribution >= 0.6 is 0 Å². The molecule has 0 saturated carbocycles. The third kappa shape index (κ3) is 1.09. The molecule has 2 aliphatic rings. The number of pyridine rings is 1. The summed E-state index contributed by atoms with van der Waals surface area (Å²) in [6.07, 6.45) is 5.76. The zero-order valence-electron chi connectivity index (χ0n) is 7.74. The molecule has 1 aromatic heterocycles. The van der Waals surface area contributed by atoms with Crippen molar-refractivity contribution in [2.75, 3.05) is 13.1 Å². The molecule has 1 unspecified atom stereocenters. The smallest absolute Gasteiger partial charge is 0.0464 e. The fourth-order valence-corrected chi connectivity index (χ4v) is 2.66. The highest BCUT2D eigenvalue weighted by Gasteiger charge is 2.31. The molecule has 0 spiro atoms. The normalized spacial score (nSPS) is 26.9. The quantitative estimate of drug-likeness (QED) is 0.596. The summed E-state index contributed by atoms with van der Waals surface area (Å²) in [6.45, 7) is 2.51. The molecule has 1 aromatic rings. The summed E-state index contributed by atoms with van der Waals surface area (Å²) in [5, 5.41) is 0. The van der Waals surface area contributed by atoms with E-state index in [4.69, 9.17) is 0 Å². The van der Waals surface area contributed by atoms with Crippen molar-refractivity contribution in [1.82, 2.24) is 9.88 Å². The van der Waals surface area contributed by atoms with Crippen LogP contribution in [0.15, 0.2) is 18.3 Å². The van der Waals surface area contributed by atoms with Gasteiger partial charge in [-0.15, -0.1) is 0 Å². The molecular weight excluding hydrogens is 160 g/mol. The van der Waals surface area contributed by atoms with Crippen LogP contribution in [0.2, 0.25) is 0 Å². The second-order valence-electron chi connectivity index (χ2n) is 3.98. The van der Waals surface area contributed by atoms with Gasteiger partial charge in [-0.2, -0.15) is 0 Å². The van der Waals surface area contributed by atoms with Gasteiger partial charge in [0.15, 0.2) is 0 Å². The number of aromatic nitrogens is 1. The number of rotatable bonds is 0. The largest absolute Gasteiger partial charge is 0.296 e. The van der Waals surface area contributed by atoms with Gasteiger partial charge in [0.2, 0.25) is 0 Å². The Hall–Kier alpha value is -0.890. The van der Waals surface area contributed by atoms with Gasteiger partial charge in [-0.05, 0) is 31.0 Å². The summed E-state index contributed by atoms with van der Waals surface area (Å²) < 4.78 is 0. The van der Waals surface area contributed by atoms with Gasteiger partial charge in [-0.25, -0.2) is 0 Å². The van der Waals surface area contributed by atoms with Crippen LogP contribution < -0.4 is 0 Å². The fourth-order valence-electron chi connectivity index (χ4n) is 2.66. The average Bonchev–Trinajstić information content (AvgIpc) is 2.65. The second-order valence-corrected chi connectivity index (χ2v) is 3.98. The molecule has 13 heavy (non-hydrogen) atoms. The van der Waals surface area contributed by atoms with Crippen molar-refractivity contribution in [3.63, 3.8) is 0 Å². The highest BCUT2D eigenvalue weighted by atomic mass is 15.2. The SMILES string of the molecule is c1cnc2c(c1)C1CCCN1CC2. The second kappa shape index (κ2) is 2.81. The van der Waals surface area contributed by atoms with Gasteiger partial charge in [0.05, 0.1) is 0 Å². The molecule has 0 aromatic carbocycles. The number of hydrogen-bond acceptors (Lipinski definition) is 2. The van der Waals surface area contributed by atoms with Gasteiger partial charge >= 0.3 is 0 Å². The first-order valence-corrected chi connectivity index (χ1v) is 5.13. The summed E-state index contributed by atoms with van der Waals surface area (Å²) >= 11 is 0. The van der Waals surface area contributed by atoms with E-state index in [0.717, 1.165) is 6.42 Å². The molecular formula is C11H14N2. The van der Waals surface area contributed by atoms with E-state index in [1.54, 1.807) is 0 Å². The molecule has 0 amide bonds. The minimum Gasteiger partial charge on any atom is -0.296 e. The summed E-state index contributed by atoms with van der Waals surface area (Å²) in [4.78, 5) is 7.05. The van der Waals surface area contributed by atoms with Crippen LogP contribution in [0, 0.1) is 0 Å². The Morgan fingerprint density at radius 3 is 3.38 bits per heavy atom. The molecule has 3 rings (SSSR count). The Morgan fingerprint density at radius 1 is 1.38 bits per heavy atom. The van der Waals surface area contributed by atoms with E-state index >= 15 is 0 Å². The maximum atomic E-state index is 4.45. The van der Waals surface area contributed by atoms with Crippen LogP contribution in [0.5, 0.6) is 0 Å². The van der Waals surface area contributed by atoms with Crippen LogP contribution in [0.3, 0.4) is 0 Å². The Kier molecular flexibility index (Phi) is 1.62. The minimum atomic E-state index is 0.692. The van der Waals surface area contributed by atoms with Crippen molar-refractivity contribution in [2.45, 2.75) is 25.3 Å². The molecule has 0 aliphatic carbocycles. The topological polar surface area (TPSA) is 16.1 Å². The Morgan fingerprint density at radius 2 is 2.38 bits per heavy atom. The maximum absolute atomic E-state index is 4.45. The molecule has 3 heterocycles. The molecule has 0 N–H and O–H groups in total. The molecule has 1 atom stereocenters. The summed E-state index contributed by atoms with van der Waals surface area (Å²) in [7, 11) is 0. The molecule has 0 radical (unpaired) electrons. The highest BCUT2D eigenvalue weighted by Crippen LogP contribution is 2.36. The Labute approximate surface area is 78.6 Å². The summed E-state index contributed by atoms with van der Waals surface area (Å²) in [5.41, 5.74) is 2.83. The van der Waals surface area contributed by atoms with Crippen LogP contribution in [0.1, 0.15) is 30.1 Å². The van der Waals surface area contributed by atoms with Crippen LogP contribution in [-0.2, 0) is 6.42 Å². The summed E-state index contributed by atoms with van der Waals surface area (Å²) in [6, 6.07) is 5.02. The first-order valence-electron chi connectivity index (χ1n) is 5.13. The van der Waals surface area contributed by atoms with Gasteiger partial charge in [0.25, 0.3) is 0 Å². The molecule has 1 saturated heterocycles. The zero-order chi connectivity index (χ0) is 8.67. The van der Waals surface area contributed by atoms with Crippen molar-refractivity contribution in [1.29, 1.82) is 0 Å². The van der Waals surface area contributed by atoms with Gasteiger partial charge in [-0.1, -0.05) is 6.07 Å². The van der Waals surface area contributed by atoms with Crippen molar-refractivity contribution in [2.24, 2.45) is 0 Å². The predicted octanol–water partition coefficient (Wildman–Crippen LogP) is 1.77. The Balaban J connectivity index is 2.06. The molecule has 2 aliphatic heterocycles. The standard InChI is InChI=1S/C11H14N2/c1-3-9-10(12-6-1)5-8-13-7-2-4-11(9)13/h1,3,6,11H,2,4-5,7-8H2. The van der Waals surface area contributed by atoms with E-state index < -0.39 is 0 Å². The number of hydrogen-bond donors (Lipinski definition) is 0. The number of nitrogens with zero attached hydrogens (tertiary/aromatic N) is 2. The highest BCUT2D eigenvalue weighted by molar-refractivity contribution is 5.27. The molecule has 68 valence electrons. The van der Waals surface area contributed by atoms with E-state index in [0.29, 0.717) is 6.04 Å². The van der Waals surface area contributed by atoms with E-state index in [2.05, 4.69) is 22.0 Å². The lowest BCUT2D eigenvalue weighted by Gasteiger charge is -2.30. The van der Waals surface area contributed by atoms with Gasteiger partial charge in [-0.3, -0.25) is 9.88 Å². The van der Waals surface area contributed by atoms with Crippen LogP contribution in [-0.4, -0.2) is 23.0 Å². The van der Waals surface area contributed by atoms with Crippen molar-refractivity contribution in [3.8, 4) is 0 Å². The first-order chi connectivity index (χ1) is 6.45. The Bertz CT molecular complexity index is 322. The first kappa shape index (κ1) is 7.51. The molecule has 0 bridgehead atoms. The van der Waals surface area contributed by atoms with Crippen molar-refractivity contribution >= 4 is 0 Å². The van der Waals surface area contributed by atoms with Crippen LogP contribution in [0.4, 0.5) is 0 Å². The maximum Gasteiger partial charge on any atom is 0.0464 e.